The minimum absolute atomic E-state index is 0.0990. The van der Waals surface area contributed by atoms with Gasteiger partial charge in [0.05, 0.1) is 12.6 Å². The van der Waals surface area contributed by atoms with Gasteiger partial charge >= 0.3 is 6.18 Å². The van der Waals surface area contributed by atoms with Crippen LogP contribution < -0.4 is 5.32 Å². The molecule has 0 aromatic rings. The molecule has 0 heterocycles. The number of hydrogen-bond donors (Lipinski definition) is 1. The van der Waals surface area contributed by atoms with E-state index in [-0.39, 0.29) is 18.1 Å². The fourth-order valence-electron chi connectivity index (χ4n) is 2.54. The van der Waals surface area contributed by atoms with E-state index < -0.39 is 18.3 Å². The Hall–Kier alpha value is -0.800. The van der Waals surface area contributed by atoms with Gasteiger partial charge < -0.3 is 0 Å². The molecule has 6 heteroatoms. The number of rotatable bonds is 7. The summed E-state index contributed by atoms with van der Waals surface area (Å²) >= 11 is 0. The number of nitriles is 1. The van der Waals surface area contributed by atoms with Crippen molar-refractivity contribution in [2.24, 2.45) is 0 Å². The normalized spacial score (nSPS) is 17.4. The van der Waals surface area contributed by atoms with Crippen LogP contribution in [0.25, 0.3) is 0 Å². The van der Waals surface area contributed by atoms with Crippen LogP contribution in [0.2, 0.25) is 0 Å². The zero-order chi connectivity index (χ0) is 16.1. The molecule has 0 aliphatic rings. The summed E-state index contributed by atoms with van der Waals surface area (Å²) in [4.78, 5) is 1.39. The van der Waals surface area contributed by atoms with Crippen molar-refractivity contribution in [2.75, 3.05) is 6.54 Å². The first kappa shape index (κ1) is 19.2. The fraction of sp³-hybridized carbons (Fsp3) is 0.929. The molecular weight excluding hydrogens is 267 g/mol. The highest BCUT2D eigenvalue weighted by molar-refractivity contribution is 5.06. The Morgan fingerprint density at radius 2 is 1.65 bits per heavy atom. The van der Waals surface area contributed by atoms with Crippen LogP contribution in [0, 0.1) is 11.3 Å². The van der Waals surface area contributed by atoms with Crippen LogP contribution in [0.1, 0.15) is 48.0 Å². The minimum Gasteiger partial charge on any atom is -0.297 e. The van der Waals surface area contributed by atoms with Gasteiger partial charge in [-0.3, -0.25) is 10.2 Å². The van der Waals surface area contributed by atoms with E-state index in [0.29, 0.717) is 6.42 Å². The molecular formula is C14H26F3N3. The van der Waals surface area contributed by atoms with E-state index in [1.807, 2.05) is 13.8 Å². The zero-order valence-corrected chi connectivity index (χ0v) is 13.2. The van der Waals surface area contributed by atoms with Gasteiger partial charge in [-0.25, -0.2) is 0 Å². The smallest absolute Gasteiger partial charge is 0.297 e. The molecule has 0 spiro atoms. The van der Waals surface area contributed by atoms with Gasteiger partial charge in [0, 0.05) is 18.1 Å². The lowest BCUT2D eigenvalue weighted by Gasteiger charge is -2.37. The summed E-state index contributed by atoms with van der Waals surface area (Å²) < 4.78 is 37.9. The van der Waals surface area contributed by atoms with E-state index in [4.69, 9.17) is 0 Å². The van der Waals surface area contributed by atoms with Gasteiger partial charge in [-0.1, -0.05) is 0 Å². The third kappa shape index (κ3) is 7.11. The van der Waals surface area contributed by atoms with Gasteiger partial charge in [0.1, 0.15) is 5.54 Å². The molecule has 20 heavy (non-hydrogen) atoms. The van der Waals surface area contributed by atoms with Crippen molar-refractivity contribution < 1.29 is 13.2 Å². The van der Waals surface area contributed by atoms with Gasteiger partial charge in [0.15, 0.2) is 0 Å². The number of alkyl halides is 3. The van der Waals surface area contributed by atoms with Crippen LogP contribution in [0.4, 0.5) is 13.2 Å². The average Bonchev–Trinajstić information content (AvgIpc) is 2.22. The molecule has 0 aromatic carbocycles. The Morgan fingerprint density at radius 3 is 1.95 bits per heavy atom. The van der Waals surface area contributed by atoms with E-state index >= 15 is 0 Å². The molecule has 0 bridgehead atoms. The minimum atomic E-state index is -4.23. The van der Waals surface area contributed by atoms with Gasteiger partial charge in [-0.05, 0) is 48.0 Å². The third-order valence-electron chi connectivity index (χ3n) is 3.15. The van der Waals surface area contributed by atoms with Crippen LogP contribution in [-0.2, 0) is 0 Å². The summed E-state index contributed by atoms with van der Waals surface area (Å²) in [5.74, 6) is 0. The molecule has 0 saturated carbocycles. The quantitative estimate of drug-likeness (QED) is 0.782. The van der Waals surface area contributed by atoms with E-state index in [1.54, 1.807) is 27.7 Å². The molecule has 0 radical (unpaired) electrons. The van der Waals surface area contributed by atoms with E-state index in [2.05, 4.69) is 11.4 Å². The predicted octanol–water partition coefficient (Wildman–Crippen LogP) is 3.32. The van der Waals surface area contributed by atoms with Gasteiger partial charge in [0.25, 0.3) is 0 Å². The van der Waals surface area contributed by atoms with Crippen molar-refractivity contribution >= 4 is 0 Å². The number of halogens is 3. The molecule has 0 aliphatic carbocycles. The van der Waals surface area contributed by atoms with Crippen molar-refractivity contribution in [2.45, 2.75) is 77.8 Å². The van der Waals surface area contributed by atoms with Crippen molar-refractivity contribution in [3.05, 3.63) is 0 Å². The number of nitrogens with zero attached hydrogens (tertiary/aromatic N) is 2. The summed E-state index contributed by atoms with van der Waals surface area (Å²) in [6.07, 6.45) is -3.89. The Labute approximate surface area is 120 Å². The maximum absolute atomic E-state index is 12.6. The van der Waals surface area contributed by atoms with Crippen LogP contribution in [0.5, 0.6) is 0 Å². The molecule has 0 amide bonds. The first-order valence-corrected chi connectivity index (χ1v) is 6.91. The third-order valence-corrected chi connectivity index (χ3v) is 3.15. The van der Waals surface area contributed by atoms with E-state index in [0.717, 1.165) is 0 Å². The lowest BCUT2D eigenvalue weighted by molar-refractivity contribution is -0.155. The second-order valence-corrected chi connectivity index (χ2v) is 6.18. The second-order valence-electron chi connectivity index (χ2n) is 6.18. The molecule has 1 N–H and O–H groups in total. The van der Waals surface area contributed by atoms with Crippen LogP contribution in [0.3, 0.4) is 0 Å². The van der Waals surface area contributed by atoms with Crippen molar-refractivity contribution in [3.63, 3.8) is 0 Å². The van der Waals surface area contributed by atoms with Crippen LogP contribution in [0.15, 0.2) is 0 Å². The first-order chi connectivity index (χ1) is 8.90. The van der Waals surface area contributed by atoms with E-state index in [1.165, 1.54) is 4.90 Å². The van der Waals surface area contributed by atoms with E-state index in [9.17, 15) is 18.4 Å². The predicted molar refractivity (Wildman–Crippen MR) is 74.3 cm³/mol. The summed E-state index contributed by atoms with van der Waals surface area (Å²) in [6.45, 7) is 9.82. The largest absolute Gasteiger partial charge is 0.401 e. The van der Waals surface area contributed by atoms with Crippen LogP contribution in [-0.4, -0.2) is 41.3 Å². The van der Waals surface area contributed by atoms with Crippen molar-refractivity contribution in [3.8, 4) is 6.07 Å². The van der Waals surface area contributed by atoms with Crippen molar-refractivity contribution in [1.29, 1.82) is 5.26 Å². The molecule has 3 nitrogen and oxygen atoms in total. The topological polar surface area (TPSA) is 39.1 Å². The molecule has 0 aliphatic heterocycles. The molecule has 0 fully saturated rings. The summed E-state index contributed by atoms with van der Waals surface area (Å²) in [5.41, 5.74) is -0.827. The van der Waals surface area contributed by atoms with Gasteiger partial charge in [-0.15, -0.1) is 0 Å². The zero-order valence-electron chi connectivity index (χ0n) is 13.2. The first-order valence-electron chi connectivity index (χ1n) is 6.91. The van der Waals surface area contributed by atoms with Gasteiger partial charge in [-0.2, -0.15) is 18.4 Å². The Bertz CT molecular complexity index is 334. The lowest BCUT2D eigenvalue weighted by Crippen LogP contribution is -2.52. The van der Waals surface area contributed by atoms with Gasteiger partial charge in [0.2, 0.25) is 0 Å². The van der Waals surface area contributed by atoms with Crippen molar-refractivity contribution in [1.82, 2.24) is 10.2 Å². The summed E-state index contributed by atoms with van der Waals surface area (Å²) in [5, 5.41) is 12.4. The highest BCUT2D eigenvalue weighted by atomic mass is 19.4. The number of nitrogens with one attached hydrogen (secondary N) is 1. The fourth-order valence-corrected chi connectivity index (χ4v) is 2.54. The monoisotopic (exact) mass is 293 g/mol. The molecule has 0 rings (SSSR count). The second kappa shape index (κ2) is 7.28. The SMILES string of the molecule is CC(C)NC(C)(C#N)CC(C)N(CC(F)(F)F)C(C)C. The molecule has 0 saturated heterocycles. The molecule has 118 valence electrons. The molecule has 0 aromatic heterocycles. The highest BCUT2D eigenvalue weighted by Crippen LogP contribution is 2.24. The summed E-state index contributed by atoms with van der Waals surface area (Å²) in [7, 11) is 0. The number of hydrogen-bond acceptors (Lipinski definition) is 3. The Kier molecular flexibility index (Phi) is 6.99. The molecule has 2 atom stereocenters. The Balaban J connectivity index is 4.91. The maximum Gasteiger partial charge on any atom is 0.401 e. The highest BCUT2D eigenvalue weighted by Gasteiger charge is 2.36. The standard InChI is InChI=1S/C14H26F3N3/c1-10(2)19-13(6,8-18)7-12(5)20(11(3)4)9-14(15,16)17/h10-12,19H,7,9H2,1-6H3. The maximum atomic E-state index is 12.6. The Morgan fingerprint density at radius 1 is 1.15 bits per heavy atom. The molecule has 2 unspecified atom stereocenters. The lowest BCUT2D eigenvalue weighted by atomic mass is 9.93. The average molecular weight is 293 g/mol. The summed E-state index contributed by atoms with van der Waals surface area (Å²) in [6, 6.07) is 1.71. The van der Waals surface area contributed by atoms with Crippen LogP contribution >= 0.6 is 0 Å².